The molecule has 0 spiro atoms. The van der Waals surface area contributed by atoms with E-state index in [-0.39, 0.29) is 18.2 Å². The number of hydrogen-bond acceptors (Lipinski definition) is 5. The van der Waals surface area contributed by atoms with Crippen LogP contribution >= 0.6 is 0 Å². The second-order valence-electron chi connectivity index (χ2n) is 8.18. The lowest BCUT2D eigenvalue weighted by Crippen LogP contribution is -2.55. The zero-order valence-corrected chi connectivity index (χ0v) is 18.1. The Morgan fingerprint density at radius 2 is 1.93 bits per heavy atom. The fourth-order valence-electron chi connectivity index (χ4n) is 4.44. The molecule has 2 N–H and O–H groups in total. The van der Waals surface area contributed by atoms with Crippen molar-refractivity contribution in [3.8, 4) is 5.75 Å². The van der Waals surface area contributed by atoms with Crippen molar-refractivity contribution in [1.29, 1.82) is 0 Å². The minimum Gasteiger partial charge on any atom is -0.494 e. The van der Waals surface area contributed by atoms with E-state index in [2.05, 4.69) is 22.2 Å². The van der Waals surface area contributed by atoms with E-state index in [0.717, 1.165) is 50.8 Å². The highest BCUT2D eigenvalue weighted by molar-refractivity contribution is 7.88. The highest BCUT2D eigenvalue weighted by atomic mass is 32.2. The van der Waals surface area contributed by atoms with Gasteiger partial charge in [0.15, 0.2) is 0 Å². The molecule has 0 aromatic heterocycles. The van der Waals surface area contributed by atoms with Crippen LogP contribution in [0.15, 0.2) is 24.3 Å². The van der Waals surface area contributed by atoms with Crippen LogP contribution in [0.1, 0.15) is 50.0 Å². The SMILES string of the molecule is [B]CCOc1ccccc1C1CCC(OC[C@@H]2NCCC[C@@H]2NS(C)(=O)=O)CC1. The minimum atomic E-state index is -3.21. The molecule has 1 heterocycles. The van der Waals surface area contributed by atoms with E-state index in [1.165, 1.54) is 11.8 Å². The van der Waals surface area contributed by atoms with E-state index < -0.39 is 10.0 Å². The molecule has 3 rings (SSSR count). The fraction of sp³-hybridized carbons (Fsp3) is 0.714. The van der Waals surface area contributed by atoms with E-state index in [0.29, 0.717) is 25.5 Å². The molecule has 1 aliphatic carbocycles. The zero-order chi connectivity index (χ0) is 20.7. The van der Waals surface area contributed by atoms with Crippen molar-refractivity contribution >= 4 is 17.9 Å². The second kappa shape index (κ2) is 10.8. The van der Waals surface area contributed by atoms with Crippen LogP contribution in [-0.4, -0.2) is 60.5 Å². The summed E-state index contributed by atoms with van der Waals surface area (Å²) < 4.78 is 38.0. The number of sulfonamides is 1. The molecule has 2 atom stereocenters. The van der Waals surface area contributed by atoms with Crippen molar-refractivity contribution in [2.45, 2.75) is 69.0 Å². The molecule has 0 unspecified atom stereocenters. The number of ether oxygens (including phenoxy) is 2. The van der Waals surface area contributed by atoms with E-state index in [1.807, 2.05) is 12.1 Å². The van der Waals surface area contributed by atoms with Gasteiger partial charge in [-0.15, -0.1) is 0 Å². The summed E-state index contributed by atoms with van der Waals surface area (Å²) in [5.41, 5.74) is 1.27. The van der Waals surface area contributed by atoms with E-state index in [9.17, 15) is 8.42 Å². The van der Waals surface area contributed by atoms with Crippen LogP contribution in [-0.2, 0) is 14.8 Å². The summed E-state index contributed by atoms with van der Waals surface area (Å²) in [6.45, 7) is 1.98. The molecule has 1 aromatic carbocycles. The van der Waals surface area contributed by atoms with Gasteiger partial charge < -0.3 is 14.8 Å². The second-order valence-corrected chi connectivity index (χ2v) is 9.96. The third kappa shape index (κ3) is 6.98. The van der Waals surface area contributed by atoms with Crippen LogP contribution in [0.5, 0.6) is 5.75 Å². The van der Waals surface area contributed by atoms with E-state index in [1.54, 1.807) is 0 Å². The van der Waals surface area contributed by atoms with Gasteiger partial charge in [-0.2, -0.15) is 0 Å². The Morgan fingerprint density at radius 1 is 1.17 bits per heavy atom. The fourth-order valence-corrected chi connectivity index (χ4v) is 5.27. The van der Waals surface area contributed by atoms with Crippen molar-refractivity contribution < 1.29 is 17.9 Å². The maximum Gasteiger partial charge on any atom is 0.209 e. The lowest BCUT2D eigenvalue weighted by atomic mass is 9.82. The van der Waals surface area contributed by atoms with Gasteiger partial charge in [0.25, 0.3) is 0 Å². The van der Waals surface area contributed by atoms with Crippen molar-refractivity contribution in [2.24, 2.45) is 0 Å². The molecule has 1 aliphatic heterocycles. The molecule has 8 heteroatoms. The molecule has 0 bridgehead atoms. The van der Waals surface area contributed by atoms with Gasteiger partial charge in [-0.05, 0) is 62.6 Å². The standard InChI is InChI=1S/C21H33BN2O4S/c1-29(25,26)24-19-6-4-13-23-20(19)15-28-17-10-8-16(9-11-17)18-5-2-3-7-21(18)27-14-12-22/h2-3,5,7,16-17,19-20,23-24H,4,6,8-15H2,1H3/t16?,17?,19-,20-/m0/s1. The summed E-state index contributed by atoms with van der Waals surface area (Å²) in [6, 6.07) is 8.19. The summed E-state index contributed by atoms with van der Waals surface area (Å²) >= 11 is 0. The maximum absolute atomic E-state index is 11.6. The summed E-state index contributed by atoms with van der Waals surface area (Å²) in [5.74, 6) is 1.43. The van der Waals surface area contributed by atoms with Crippen LogP contribution in [0.4, 0.5) is 0 Å². The molecular formula is C21H33BN2O4S. The summed E-state index contributed by atoms with van der Waals surface area (Å²) in [5, 5.41) is 3.41. The molecule has 2 aliphatic rings. The number of nitrogens with one attached hydrogen (secondary N) is 2. The third-order valence-electron chi connectivity index (χ3n) is 5.87. The molecular weight excluding hydrogens is 387 g/mol. The van der Waals surface area contributed by atoms with E-state index in [4.69, 9.17) is 17.3 Å². The predicted octanol–water partition coefficient (Wildman–Crippen LogP) is 2.36. The monoisotopic (exact) mass is 420 g/mol. The smallest absolute Gasteiger partial charge is 0.209 e. The number of rotatable bonds is 9. The summed E-state index contributed by atoms with van der Waals surface area (Å²) in [7, 11) is 2.36. The maximum atomic E-state index is 11.6. The van der Waals surface area contributed by atoms with Gasteiger partial charge in [0.1, 0.15) is 5.75 Å². The Balaban J connectivity index is 1.49. The Morgan fingerprint density at radius 3 is 2.66 bits per heavy atom. The van der Waals surface area contributed by atoms with E-state index >= 15 is 0 Å². The number of hydrogen-bond donors (Lipinski definition) is 2. The van der Waals surface area contributed by atoms with Gasteiger partial charge >= 0.3 is 0 Å². The average molecular weight is 420 g/mol. The molecule has 2 radical (unpaired) electrons. The van der Waals surface area contributed by atoms with Crippen molar-refractivity contribution in [2.75, 3.05) is 26.0 Å². The number of piperidine rings is 1. The van der Waals surface area contributed by atoms with Gasteiger partial charge in [0.2, 0.25) is 10.0 Å². The molecule has 1 aromatic rings. The topological polar surface area (TPSA) is 76.7 Å². The van der Waals surface area contributed by atoms with Crippen molar-refractivity contribution in [1.82, 2.24) is 10.0 Å². The Hall–Kier alpha value is -1.09. The summed E-state index contributed by atoms with van der Waals surface area (Å²) in [6.07, 6.45) is 7.93. The first-order valence-electron chi connectivity index (χ1n) is 10.7. The van der Waals surface area contributed by atoms with Crippen molar-refractivity contribution in [3.63, 3.8) is 0 Å². The Kier molecular flexibility index (Phi) is 8.41. The highest BCUT2D eigenvalue weighted by Crippen LogP contribution is 2.38. The molecule has 6 nitrogen and oxygen atoms in total. The molecule has 2 fully saturated rings. The van der Waals surface area contributed by atoms with Crippen LogP contribution in [0.25, 0.3) is 0 Å². The molecule has 1 saturated carbocycles. The Bertz CT molecular complexity index is 738. The lowest BCUT2D eigenvalue weighted by molar-refractivity contribution is 0.00511. The quantitative estimate of drug-likeness (QED) is 0.600. The number of benzene rings is 1. The van der Waals surface area contributed by atoms with Gasteiger partial charge in [0, 0.05) is 12.1 Å². The molecule has 1 saturated heterocycles. The van der Waals surface area contributed by atoms with Crippen LogP contribution < -0.4 is 14.8 Å². The van der Waals surface area contributed by atoms with Gasteiger partial charge in [-0.1, -0.05) is 24.5 Å². The zero-order valence-electron chi connectivity index (χ0n) is 17.3. The van der Waals surface area contributed by atoms with Gasteiger partial charge in [-0.25, -0.2) is 13.1 Å². The number of para-hydroxylation sites is 1. The minimum absolute atomic E-state index is 0.0292. The van der Waals surface area contributed by atoms with Crippen LogP contribution in [0, 0.1) is 0 Å². The largest absolute Gasteiger partial charge is 0.494 e. The highest BCUT2D eigenvalue weighted by Gasteiger charge is 2.30. The van der Waals surface area contributed by atoms with Gasteiger partial charge in [-0.3, -0.25) is 0 Å². The molecule has 160 valence electrons. The lowest BCUT2D eigenvalue weighted by Gasteiger charge is -2.35. The first kappa shape index (κ1) is 22.6. The van der Waals surface area contributed by atoms with Crippen LogP contribution in [0.3, 0.4) is 0 Å². The first-order chi connectivity index (χ1) is 14.0. The predicted molar refractivity (Wildman–Crippen MR) is 116 cm³/mol. The molecule has 29 heavy (non-hydrogen) atoms. The summed E-state index contributed by atoms with van der Waals surface area (Å²) in [4.78, 5) is 0. The van der Waals surface area contributed by atoms with Gasteiger partial charge in [0.05, 0.1) is 33.4 Å². The molecule has 0 amide bonds. The Labute approximate surface area is 176 Å². The van der Waals surface area contributed by atoms with Crippen LogP contribution in [0.2, 0.25) is 6.32 Å². The average Bonchev–Trinajstić information content (AvgIpc) is 2.71. The third-order valence-corrected chi connectivity index (χ3v) is 6.60. The normalized spacial score (nSPS) is 28.2. The first-order valence-corrected chi connectivity index (χ1v) is 12.6. The van der Waals surface area contributed by atoms with Crippen molar-refractivity contribution in [3.05, 3.63) is 29.8 Å².